The molecule has 1 saturated heterocycles. The second kappa shape index (κ2) is 5.88. The standard InChI is InChI=1S/C12H21N3O2S2/c1-3-14-4-6-15(7-5-14)19(16,17)12-8-11(9-13)18-10(12)2/h8H,3-7,9,13H2,1-2H3. The van der Waals surface area contributed by atoms with Crippen molar-refractivity contribution in [3.05, 3.63) is 15.8 Å². The first kappa shape index (κ1) is 14.9. The van der Waals surface area contributed by atoms with E-state index < -0.39 is 10.0 Å². The molecule has 7 heteroatoms. The van der Waals surface area contributed by atoms with Crippen molar-refractivity contribution in [3.8, 4) is 0 Å². The molecule has 2 rings (SSSR count). The van der Waals surface area contributed by atoms with E-state index in [-0.39, 0.29) is 0 Å². The Morgan fingerprint density at radius 1 is 1.32 bits per heavy atom. The average molecular weight is 303 g/mol. The number of thiophene rings is 1. The maximum absolute atomic E-state index is 12.6. The molecule has 2 N–H and O–H groups in total. The van der Waals surface area contributed by atoms with Crippen LogP contribution in [0.25, 0.3) is 0 Å². The van der Waals surface area contributed by atoms with E-state index in [1.165, 1.54) is 11.3 Å². The minimum absolute atomic E-state index is 0.393. The molecule has 0 aliphatic carbocycles. The Bertz CT molecular complexity index is 531. The third kappa shape index (κ3) is 3.00. The molecule has 1 aliphatic rings. The van der Waals surface area contributed by atoms with Crippen molar-refractivity contribution in [3.63, 3.8) is 0 Å². The van der Waals surface area contributed by atoms with Gasteiger partial charge in [0, 0.05) is 42.5 Å². The van der Waals surface area contributed by atoms with Gasteiger partial charge in [-0.1, -0.05) is 6.92 Å². The molecule has 1 aliphatic heterocycles. The Morgan fingerprint density at radius 2 is 1.95 bits per heavy atom. The van der Waals surface area contributed by atoms with Crippen LogP contribution in [-0.4, -0.2) is 50.3 Å². The molecule has 108 valence electrons. The summed E-state index contributed by atoms with van der Waals surface area (Å²) in [5.74, 6) is 0. The highest BCUT2D eigenvalue weighted by Crippen LogP contribution is 2.28. The number of aryl methyl sites for hydroxylation is 1. The van der Waals surface area contributed by atoms with Crippen molar-refractivity contribution in [2.45, 2.75) is 25.3 Å². The lowest BCUT2D eigenvalue weighted by molar-refractivity contribution is 0.196. The lowest BCUT2D eigenvalue weighted by atomic mass is 10.4. The normalized spacial score (nSPS) is 18.9. The average Bonchev–Trinajstić information content (AvgIpc) is 2.81. The van der Waals surface area contributed by atoms with Gasteiger partial charge in [-0.3, -0.25) is 0 Å². The molecule has 0 saturated carbocycles. The summed E-state index contributed by atoms with van der Waals surface area (Å²) < 4.78 is 26.8. The van der Waals surface area contributed by atoms with Crippen LogP contribution in [0.1, 0.15) is 16.7 Å². The first-order valence-corrected chi connectivity index (χ1v) is 8.76. The van der Waals surface area contributed by atoms with Gasteiger partial charge in [-0.2, -0.15) is 4.31 Å². The summed E-state index contributed by atoms with van der Waals surface area (Å²) in [6.07, 6.45) is 0. The molecule has 0 radical (unpaired) electrons. The van der Waals surface area contributed by atoms with Crippen molar-refractivity contribution in [2.24, 2.45) is 5.73 Å². The Labute approximate surface area is 119 Å². The van der Waals surface area contributed by atoms with E-state index in [0.717, 1.165) is 29.4 Å². The first-order valence-electron chi connectivity index (χ1n) is 6.51. The summed E-state index contributed by atoms with van der Waals surface area (Å²) in [6, 6.07) is 1.72. The van der Waals surface area contributed by atoms with Crippen molar-refractivity contribution < 1.29 is 8.42 Å². The van der Waals surface area contributed by atoms with E-state index in [0.29, 0.717) is 24.5 Å². The van der Waals surface area contributed by atoms with Crippen LogP contribution in [0.3, 0.4) is 0 Å². The Morgan fingerprint density at radius 3 is 2.42 bits per heavy atom. The smallest absolute Gasteiger partial charge is 0.244 e. The predicted molar refractivity (Wildman–Crippen MR) is 77.8 cm³/mol. The van der Waals surface area contributed by atoms with E-state index in [1.807, 2.05) is 6.92 Å². The minimum atomic E-state index is -3.35. The molecule has 0 amide bonds. The van der Waals surface area contributed by atoms with Crippen molar-refractivity contribution in [1.82, 2.24) is 9.21 Å². The highest BCUT2D eigenvalue weighted by atomic mass is 32.2. The molecular formula is C12H21N3O2S2. The number of nitrogens with zero attached hydrogens (tertiary/aromatic N) is 2. The third-order valence-electron chi connectivity index (χ3n) is 3.52. The van der Waals surface area contributed by atoms with Gasteiger partial charge in [0.2, 0.25) is 10.0 Å². The quantitative estimate of drug-likeness (QED) is 0.895. The van der Waals surface area contributed by atoms with Crippen LogP contribution in [0.15, 0.2) is 11.0 Å². The van der Waals surface area contributed by atoms with Crippen LogP contribution in [0.2, 0.25) is 0 Å². The molecule has 2 heterocycles. The molecule has 1 aromatic heterocycles. The van der Waals surface area contributed by atoms with Crippen molar-refractivity contribution >= 4 is 21.4 Å². The molecule has 0 atom stereocenters. The Balaban J connectivity index is 2.20. The van der Waals surface area contributed by atoms with Gasteiger partial charge in [0.15, 0.2) is 0 Å². The molecule has 5 nitrogen and oxygen atoms in total. The van der Waals surface area contributed by atoms with E-state index in [1.54, 1.807) is 10.4 Å². The van der Waals surface area contributed by atoms with Crippen molar-refractivity contribution in [2.75, 3.05) is 32.7 Å². The number of hydrogen-bond donors (Lipinski definition) is 1. The number of rotatable bonds is 4. The molecule has 1 fully saturated rings. The van der Waals surface area contributed by atoms with E-state index in [2.05, 4.69) is 11.8 Å². The molecular weight excluding hydrogens is 282 g/mol. The number of likely N-dealkylation sites (N-methyl/N-ethyl adjacent to an activating group) is 1. The van der Waals surface area contributed by atoms with Crippen LogP contribution in [0, 0.1) is 6.92 Å². The van der Waals surface area contributed by atoms with Crippen molar-refractivity contribution in [1.29, 1.82) is 0 Å². The largest absolute Gasteiger partial charge is 0.326 e. The molecule has 1 aromatic rings. The second-order valence-corrected chi connectivity index (χ2v) is 7.92. The number of hydrogen-bond acceptors (Lipinski definition) is 5. The highest BCUT2D eigenvalue weighted by Gasteiger charge is 2.30. The predicted octanol–water partition coefficient (Wildman–Crippen LogP) is 0.841. The summed E-state index contributed by atoms with van der Waals surface area (Å²) in [4.78, 5) is 4.45. The van der Waals surface area contributed by atoms with E-state index in [4.69, 9.17) is 5.73 Å². The summed E-state index contributed by atoms with van der Waals surface area (Å²) in [7, 11) is -3.35. The molecule has 0 bridgehead atoms. The van der Waals surface area contributed by atoms with Gasteiger partial charge in [0.1, 0.15) is 0 Å². The zero-order chi connectivity index (χ0) is 14.0. The van der Waals surface area contributed by atoms with Gasteiger partial charge < -0.3 is 10.6 Å². The zero-order valence-electron chi connectivity index (χ0n) is 11.4. The van der Waals surface area contributed by atoms with Crippen LogP contribution >= 0.6 is 11.3 Å². The SMILES string of the molecule is CCN1CCN(S(=O)(=O)c2cc(CN)sc2C)CC1. The van der Waals surface area contributed by atoms with Gasteiger partial charge in [-0.15, -0.1) is 11.3 Å². The number of piperazine rings is 1. The Kier molecular flexibility index (Phi) is 4.62. The van der Waals surface area contributed by atoms with Gasteiger partial charge in [0.05, 0.1) is 4.90 Å². The summed E-state index contributed by atoms with van der Waals surface area (Å²) in [5.41, 5.74) is 5.59. The summed E-state index contributed by atoms with van der Waals surface area (Å²) in [6.45, 7) is 8.07. The molecule has 0 spiro atoms. The van der Waals surface area contributed by atoms with Crippen LogP contribution in [0.5, 0.6) is 0 Å². The Hall–Kier alpha value is -0.470. The molecule has 0 aromatic carbocycles. The lowest BCUT2D eigenvalue weighted by Gasteiger charge is -2.33. The number of sulfonamides is 1. The fraction of sp³-hybridized carbons (Fsp3) is 0.667. The van der Waals surface area contributed by atoms with E-state index >= 15 is 0 Å². The molecule has 0 unspecified atom stereocenters. The third-order valence-corrected chi connectivity index (χ3v) is 6.75. The van der Waals surface area contributed by atoms with E-state index in [9.17, 15) is 8.42 Å². The fourth-order valence-electron chi connectivity index (χ4n) is 2.31. The summed E-state index contributed by atoms with van der Waals surface area (Å²) >= 11 is 1.47. The monoisotopic (exact) mass is 303 g/mol. The topological polar surface area (TPSA) is 66.6 Å². The molecule has 19 heavy (non-hydrogen) atoms. The minimum Gasteiger partial charge on any atom is -0.326 e. The highest BCUT2D eigenvalue weighted by molar-refractivity contribution is 7.89. The van der Waals surface area contributed by atoms with Crippen LogP contribution in [0.4, 0.5) is 0 Å². The summed E-state index contributed by atoms with van der Waals surface area (Å²) in [5, 5.41) is 0. The fourth-order valence-corrected chi connectivity index (χ4v) is 5.21. The maximum atomic E-state index is 12.6. The maximum Gasteiger partial charge on any atom is 0.244 e. The van der Waals surface area contributed by atoms with Gasteiger partial charge in [0.25, 0.3) is 0 Å². The zero-order valence-corrected chi connectivity index (χ0v) is 13.1. The number of nitrogens with two attached hydrogens (primary N) is 1. The van der Waals surface area contributed by atoms with Gasteiger partial charge in [-0.25, -0.2) is 8.42 Å². The van der Waals surface area contributed by atoms with Gasteiger partial charge >= 0.3 is 0 Å². The van der Waals surface area contributed by atoms with Crippen LogP contribution in [-0.2, 0) is 16.6 Å². The van der Waals surface area contributed by atoms with Gasteiger partial charge in [-0.05, 0) is 19.5 Å². The second-order valence-electron chi connectivity index (χ2n) is 4.68. The van der Waals surface area contributed by atoms with Crippen LogP contribution < -0.4 is 5.73 Å². The first-order chi connectivity index (χ1) is 8.98. The lowest BCUT2D eigenvalue weighted by Crippen LogP contribution is -2.48.